The summed E-state index contributed by atoms with van der Waals surface area (Å²) in [5.41, 5.74) is 0.986. The molecule has 2 rings (SSSR count). The number of nitrogens with zero attached hydrogens (tertiary/aromatic N) is 1. The minimum Gasteiger partial charge on any atom is -0.457 e. The number of anilines is 1. The van der Waals surface area contributed by atoms with Crippen LogP contribution in [0.3, 0.4) is 0 Å². The molecule has 0 spiro atoms. The number of aryl methyl sites for hydroxylation is 1. The van der Waals surface area contributed by atoms with Gasteiger partial charge in [0.2, 0.25) is 15.8 Å². The number of nitrogens with one attached hydrogen (secondary N) is 1. The maximum Gasteiger partial charge on any atom is 0.374 e. The predicted octanol–water partition coefficient (Wildman–Crippen LogP) is 2.02. The maximum atomic E-state index is 12.3. The van der Waals surface area contributed by atoms with Gasteiger partial charge < -0.3 is 14.5 Å². The van der Waals surface area contributed by atoms with Gasteiger partial charge in [0, 0.05) is 19.8 Å². The van der Waals surface area contributed by atoms with Crippen molar-refractivity contribution < 1.29 is 27.2 Å². The van der Waals surface area contributed by atoms with Crippen molar-refractivity contribution >= 4 is 27.6 Å². The van der Waals surface area contributed by atoms with E-state index in [1.54, 1.807) is 13.0 Å². The first kappa shape index (κ1) is 19.7. The highest BCUT2D eigenvalue weighted by Crippen LogP contribution is 2.22. The summed E-state index contributed by atoms with van der Waals surface area (Å²) in [6.07, 6.45) is 0.225. The monoisotopic (exact) mass is 380 g/mol. The van der Waals surface area contributed by atoms with Crippen LogP contribution in [0.15, 0.2) is 45.9 Å². The van der Waals surface area contributed by atoms with E-state index in [9.17, 15) is 18.0 Å². The van der Waals surface area contributed by atoms with E-state index in [1.165, 1.54) is 51.5 Å². The SMILES string of the molecule is Cc1ccc(S(=O)(=O)N(C)C)cc1NC(=O)C(C)OC(=O)c1ccco1. The topological polar surface area (TPSA) is 106 Å². The molecule has 0 bridgehead atoms. The van der Waals surface area contributed by atoms with Crippen LogP contribution in [0.25, 0.3) is 0 Å². The smallest absolute Gasteiger partial charge is 0.374 e. The van der Waals surface area contributed by atoms with Crippen molar-refractivity contribution in [1.29, 1.82) is 0 Å². The molecule has 1 amide bonds. The number of carbonyl (C=O) groups excluding carboxylic acids is 2. The quantitative estimate of drug-likeness (QED) is 0.769. The molecule has 26 heavy (non-hydrogen) atoms. The third-order valence-electron chi connectivity index (χ3n) is 3.62. The number of esters is 1. The van der Waals surface area contributed by atoms with Gasteiger partial charge in [-0.15, -0.1) is 0 Å². The lowest BCUT2D eigenvalue weighted by Gasteiger charge is -2.16. The molecule has 1 atom stereocenters. The number of hydrogen-bond acceptors (Lipinski definition) is 6. The molecule has 0 radical (unpaired) electrons. The van der Waals surface area contributed by atoms with E-state index >= 15 is 0 Å². The van der Waals surface area contributed by atoms with Crippen molar-refractivity contribution in [2.24, 2.45) is 0 Å². The van der Waals surface area contributed by atoms with Gasteiger partial charge in [-0.2, -0.15) is 0 Å². The third kappa shape index (κ3) is 4.30. The molecule has 1 unspecified atom stereocenters. The van der Waals surface area contributed by atoms with Crippen molar-refractivity contribution in [2.75, 3.05) is 19.4 Å². The van der Waals surface area contributed by atoms with Gasteiger partial charge in [-0.1, -0.05) is 6.07 Å². The lowest BCUT2D eigenvalue weighted by molar-refractivity contribution is -0.123. The number of hydrogen-bond donors (Lipinski definition) is 1. The van der Waals surface area contributed by atoms with Crippen LogP contribution in [0.5, 0.6) is 0 Å². The van der Waals surface area contributed by atoms with Crippen LogP contribution < -0.4 is 5.32 Å². The second-order valence-corrected chi connectivity index (χ2v) is 7.93. The van der Waals surface area contributed by atoms with Gasteiger partial charge in [0.15, 0.2) is 6.10 Å². The Morgan fingerprint density at radius 2 is 1.92 bits per heavy atom. The fraction of sp³-hybridized carbons (Fsp3) is 0.294. The minimum absolute atomic E-state index is 0.0140. The zero-order valence-electron chi connectivity index (χ0n) is 14.8. The molecule has 0 fully saturated rings. The van der Waals surface area contributed by atoms with Crippen molar-refractivity contribution in [3.05, 3.63) is 47.9 Å². The average molecular weight is 380 g/mol. The summed E-state index contributed by atoms with van der Waals surface area (Å²) in [5.74, 6) is -1.37. The zero-order chi connectivity index (χ0) is 19.5. The molecular formula is C17H20N2O6S. The lowest BCUT2D eigenvalue weighted by Crippen LogP contribution is -2.30. The Kier molecular flexibility index (Phi) is 5.83. The number of benzene rings is 1. The van der Waals surface area contributed by atoms with Crippen LogP contribution >= 0.6 is 0 Å². The van der Waals surface area contributed by atoms with Crippen LogP contribution in [-0.2, 0) is 19.6 Å². The molecule has 0 aliphatic heterocycles. The van der Waals surface area contributed by atoms with E-state index < -0.39 is 28.0 Å². The second-order valence-electron chi connectivity index (χ2n) is 5.78. The highest BCUT2D eigenvalue weighted by atomic mass is 32.2. The number of furan rings is 1. The van der Waals surface area contributed by atoms with E-state index in [0.717, 1.165) is 4.31 Å². The van der Waals surface area contributed by atoms with E-state index in [2.05, 4.69) is 5.32 Å². The van der Waals surface area contributed by atoms with Crippen LogP contribution in [0.2, 0.25) is 0 Å². The molecule has 0 aliphatic rings. The zero-order valence-corrected chi connectivity index (χ0v) is 15.7. The van der Waals surface area contributed by atoms with Crippen molar-refractivity contribution in [3.8, 4) is 0 Å². The summed E-state index contributed by atoms with van der Waals surface area (Å²) >= 11 is 0. The van der Waals surface area contributed by atoms with E-state index in [0.29, 0.717) is 11.3 Å². The number of ether oxygens (including phenoxy) is 1. The summed E-state index contributed by atoms with van der Waals surface area (Å²) in [7, 11) is -0.796. The summed E-state index contributed by atoms with van der Waals surface area (Å²) in [5, 5.41) is 2.58. The third-order valence-corrected chi connectivity index (χ3v) is 5.43. The standard InChI is InChI=1S/C17H20N2O6S/c1-11-7-8-13(26(22,23)19(3)4)10-14(11)18-16(20)12(2)25-17(21)15-6-5-9-24-15/h5-10,12H,1-4H3,(H,18,20). The van der Waals surface area contributed by atoms with Gasteiger partial charge in [0.25, 0.3) is 5.91 Å². The Hall–Kier alpha value is -2.65. The molecule has 0 aliphatic carbocycles. The van der Waals surface area contributed by atoms with Crippen LogP contribution in [-0.4, -0.2) is 44.8 Å². The molecule has 1 heterocycles. The number of amides is 1. The van der Waals surface area contributed by atoms with Crippen molar-refractivity contribution in [3.63, 3.8) is 0 Å². The largest absolute Gasteiger partial charge is 0.457 e. The molecule has 140 valence electrons. The van der Waals surface area contributed by atoms with Crippen LogP contribution in [0, 0.1) is 6.92 Å². The van der Waals surface area contributed by atoms with Gasteiger partial charge >= 0.3 is 5.97 Å². The minimum atomic E-state index is -3.64. The molecule has 1 N–H and O–H groups in total. The summed E-state index contributed by atoms with van der Waals surface area (Å²) in [4.78, 5) is 24.2. The predicted molar refractivity (Wildman–Crippen MR) is 94.3 cm³/mol. The van der Waals surface area contributed by atoms with Gasteiger partial charge in [-0.05, 0) is 43.7 Å². The first-order chi connectivity index (χ1) is 12.1. The highest BCUT2D eigenvalue weighted by molar-refractivity contribution is 7.89. The second kappa shape index (κ2) is 7.71. The average Bonchev–Trinajstić information content (AvgIpc) is 3.11. The van der Waals surface area contributed by atoms with E-state index in [4.69, 9.17) is 9.15 Å². The number of carbonyl (C=O) groups is 2. The molecule has 9 heteroatoms. The Balaban J connectivity index is 2.14. The first-order valence-electron chi connectivity index (χ1n) is 7.71. The summed E-state index contributed by atoms with van der Waals surface area (Å²) < 4.78 is 35.5. The first-order valence-corrected chi connectivity index (χ1v) is 9.15. The Labute approximate surface area is 151 Å². The Bertz CT molecular complexity index is 903. The number of rotatable bonds is 6. The van der Waals surface area contributed by atoms with E-state index in [-0.39, 0.29) is 10.7 Å². The highest BCUT2D eigenvalue weighted by Gasteiger charge is 2.22. The van der Waals surface area contributed by atoms with Crippen LogP contribution in [0.4, 0.5) is 5.69 Å². The lowest BCUT2D eigenvalue weighted by atomic mass is 10.2. The van der Waals surface area contributed by atoms with Crippen molar-refractivity contribution in [1.82, 2.24) is 4.31 Å². The Morgan fingerprint density at radius 3 is 2.50 bits per heavy atom. The molecular weight excluding hydrogens is 360 g/mol. The number of sulfonamides is 1. The molecule has 1 aromatic heterocycles. The molecule has 8 nitrogen and oxygen atoms in total. The van der Waals surface area contributed by atoms with Gasteiger partial charge in [-0.25, -0.2) is 17.5 Å². The van der Waals surface area contributed by atoms with Crippen molar-refractivity contribution in [2.45, 2.75) is 24.8 Å². The molecule has 0 saturated carbocycles. The van der Waals surface area contributed by atoms with Gasteiger partial charge in [-0.3, -0.25) is 4.79 Å². The fourth-order valence-electron chi connectivity index (χ4n) is 2.01. The van der Waals surface area contributed by atoms with Crippen LogP contribution in [0.1, 0.15) is 23.0 Å². The van der Waals surface area contributed by atoms with Gasteiger partial charge in [0.1, 0.15) is 0 Å². The normalized spacial score (nSPS) is 12.7. The Morgan fingerprint density at radius 1 is 1.23 bits per heavy atom. The van der Waals surface area contributed by atoms with E-state index in [1.807, 2.05) is 0 Å². The van der Waals surface area contributed by atoms with Gasteiger partial charge in [0.05, 0.1) is 11.2 Å². The molecule has 0 saturated heterocycles. The summed E-state index contributed by atoms with van der Waals surface area (Å²) in [6.45, 7) is 3.13. The molecule has 2 aromatic rings. The molecule has 1 aromatic carbocycles. The summed E-state index contributed by atoms with van der Waals surface area (Å²) in [6, 6.07) is 7.36. The maximum absolute atomic E-state index is 12.3. The fourth-order valence-corrected chi connectivity index (χ4v) is 2.94.